The van der Waals surface area contributed by atoms with Crippen LogP contribution in [-0.4, -0.2) is 19.9 Å². The van der Waals surface area contributed by atoms with E-state index in [1.165, 1.54) is 0 Å². The van der Waals surface area contributed by atoms with Crippen molar-refractivity contribution in [3.63, 3.8) is 0 Å². The van der Waals surface area contributed by atoms with Crippen LogP contribution in [0.25, 0.3) is 0 Å². The SMILES string of the molecule is O=c1cc([O-])[nH]c(=S)[nH]1.O=c1cc([O-])[nH]c(=S)[nH]1.[NH4+].[NH4+]. The third kappa shape index (κ3) is 7.22. The standard InChI is InChI=1S/2C4H4N2O2S.2H3N/c2*7-2-1-3(8)6-4(9)5-2;;/h2*1H,(H3,5,6,7,8,9);2*1H3. The Balaban J connectivity index is 0. The number of aromatic amines is 4. The van der Waals surface area contributed by atoms with Crippen LogP contribution in [0.5, 0.6) is 11.8 Å². The minimum Gasteiger partial charge on any atom is -0.860 e. The summed E-state index contributed by atoms with van der Waals surface area (Å²) >= 11 is 8.95. The molecule has 12 heteroatoms. The Morgan fingerprint density at radius 3 is 1.25 bits per heavy atom. The second-order valence-corrected chi connectivity index (χ2v) is 3.72. The summed E-state index contributed by atoms with van der Waals surface area (Å²) in [7, 11) is 0. The molecule has 0 aliphatic carbocycles. The van der Waals surface area contributed by atoms with Gasteiger partial charge in [-0.2, -0.15) is 0 Å². The molecule has 2 heterocycles. The van der Waals surface area contributed by atoms with Gasteiger partial charge >= 0.3 is 0 Å². The molecule has 0 fully saturated rings. The first-order valence-corrected chi connectivity index (χ1v) is 5.20. The Morgan fingerprint density at radius 2 is 1.05 bits per heavy atom. The molecule has 2 rings (SSSR count). The molecule has 0 radical (unpaired) electrons. The molecule has 0 unspecified atom stereocenters. The quantitative estimate of drug-likeness (QED) is 0.359. The largest absolute Gasteiger partial charge is 0.860 e. The van der Waals surface area contributed by atoms with Crippen molar-refractivity contribution in [2.24, 2.45) is 0 Å². The van der Waals surface area contributed by atoms with Crippen LogP contribution in [0.1, 0.15) is 0 Å². The average molecular weight is 322 g/mol. The Hall–Kier alpha value is -2.28. The Morgan fingerprint density at radius 1 is 0.750 bits per heavy atom. The number of rotatable bonds is 0. The van der Waals surface area contributed by atoms with Crippen molar-refractivity contribution in [1.82, 2.24) is 32.2 Å². The van der Waals surface area contributed by atoms with E-state index in [-0.39, 0.29) is 21.8 Å². The van der Waals surface area contributed by atoms with Crippen molar-refractivity contribution in [3.05, 3.63) is 42.4 Å². The zero-order chi connectivity index (χ0) is 13.7. The molecule has 112 valence electrons. The van der Waals surface area contributed by atoms with E-state index < -0.39 is 22.9 Å². The number of quaternary nitrogens is 2. The predicted molar refractivity (Wildman–Crippen MR) is 75.4 cm³/mol. The first kappa shape index (κ1) is 20.0. The molecule has 0 spiro atoms. The molecule has 2 aromatic heterocycles. The number of H-pyrrole nitrogens is 4. The van der Waals surface area contributed by atoms with Crippen molar-refractivity contribution in [2.45, 2.75) is 0 Å². The van der Waals surface area contributed by atoms with E-state index in [0.29, 0.717) is 0 Å². The molecule has 0 aromatic carbocycles. The van der Waals surface area contributed by atoms with Crippen LogP contribution in [0, 0.1) is 9.54 Å². The average Bonchev–Trinajstić information content (AvgIpc) is 2.12. The Kier molecular flexibility index (Phi) is 8.78. The Labute approximate surface area is 121 Å². The molecule has 2 aromatic rings. The van der Waals surface area contributed by atoms with E-state index in [1.54, 1.807) is 0 Å². The third-order valence-corrected chi connectivity index (χ3v) is 1.88. The highest BCUT2D eigenvalue weighted by atomic mass is 32.1. The van der Waals surface area contributed by atoms with Crippen LogP contribution in [0.2, 0.25) is 0 Å². The van der Waals surface area contributed by atoms with Gasteiger partial charge in [0.2, 0.25) is 0 Å². The third-order valence-electron chi connectivity index (χ3n) is 1.47. The Bertz CT molecular complexity index is 639. The highest BCUT2D eigenvalue weighted by Crippen LogP contribution is 1.87. The maximum atomic E-state index is 10.4. The summed E-state index contributed by atoms with van der Waals surface area (Å²) in [5.41, 5.74) is -0.937. The minimum absolute atomic E-state index is 0. The maximum Gasteiger partial charge on any atom is 0.250 e. The zero-order valence-corrected chi connectivity index (χ0v) is 12.2. The highest BCUT2D eigenvalue weighted by molar-refractivity contribution is 7.71. The first-order chi connectivity index (χ1) is 8.36. The van der Waals surface area contributed by atoms with E-state index in [9.17, 15) is 19.8 Å². The van der Waals surface area contributed by atoms with Gasteiger partial charge in [-0.3, -0.25) is 19.6 Å². The maximum absolute atomic E-state index is 10.4. The van der Waals surface area contributed by atoms with Gasteiger partial charge in [0, 0.05) is 12.1 Å². The van der Waals surface area contributed by atoms with Crippen molar-refractivity contribution >= 4 is 24.4 Å². The van der Waals surface area contributed by atoms with Gasteiger partial charge in [-0.15, -0.1) is 0 Å². The van der Waals surface area contributed by atoms with Gasteiger partial charge in [0.25, 0.3) is 11.1 Å². The monoisotopic (exact) mass is 322 g/mol. The second kappa shape index (κ2) is 8.76. The van der Waals surface area contributed by atoms with Gasteiger partial charge in [-0.1, -0.05) is 0 Å². The number of hydrogen-bond donors (Lipinski definition) is 6. The molecule has 0 aliphatic rings. The van der Waals surface area contributed by atoms with Gasteiger partial charge in [-0.05, 0) is 36.2 Å². The van der Waals surface area contributed by atoms with Crippen molar-refractivity contribution in [1.29, 1.82) is 0 Å². The summed E-state index contributed by atoms with van der Waals surface area (Å²) in [4.78, 5) is 29.6. The van der Waals surface area contributed by atoms with E-state index in [2.05, 4.69) is 44.4 Å². The van der Waals surface area contributed by atoms with Crippen molar-refractivity contribution in [2.75, 3.05) is 0 Å². The lowest BCUT2D eigenvalue weighted by Crippen LogP contribution is -2.08. The van der Waals surface area contributed by atoms with E-state index in [4.69, 9.17) is 0 Å². The van der Waals surface area contributed by atoms with Crippen LogP contribution in [0.15, 0.2) is 21.7 Å². The molecule has 20 heavy (non-hydrogen) atoms. The van der Waals surface area contributed by atoms with Gasteiger partial charge < -0.3 is 32.5 Å². The van der Waals surface area contributed by atoms with E-state index in [0.717, 1.165) is 12.1 Å². The lowest BCUT2D eigenvalue weighted by molar-refractivity contribution is -0.276. The predicted octanol–water partition coefficient (Wildman–Crippen LogP) is -0.235. The van der Waals surface area contributed by atoms with Gasteiger partial charge in [0.15, 0.2) is 9.54 Å². The molecule has 0 saturated carbocycles. The molecular formula is C8H14N6O4S2. The summed E-state index contributed by atoms with van der Waals surface area (Å²) in [6.45, 7) is 0. The summed E-state index contributed by atoms with van der Waals surface area (Å²) in [6, 6.07) is 1.80. The first-order valence-electron chi connectivity index (χ1n) is 4.38. The number of nitrogens with one attached hydrogen (secondary N) is 4. The van der Waals surface area contributed by atoms with Crippen LogP contribution < -0.4 is 33.6 Å². The van der Waals surface area contributed by atoms with Crippen LogP contribution >= 0.6 is 24.4 Å². The molecule has 0 aliphatic heterocycles. The van der Waals surface area contributed by atoms with Gasteiger partial charge in [-0.25, -0.2) is 0 Å². The lowest BCUT2D eigenvalue weighted by Gasteiger charge is -2.00. The molecular weight excluding hydrogens is 308 g/mol. The fraction of sp³-hybridized carbons (Fsp3) is 0. The summed E-state index contributed by atoms with van der Waals surface area (Å²) < 4.78 is 0.125. The fourth-order valence-corrected chi connectivity index (χ4v) is 1.29. The molecule has 0 amide bonds. The molecule has 0 saturated heterocycles. The number of aromatic nitrogens is 4. The molecule has 10 nitrogen and oxygen atoms in total. The van der Waals surface area contributed by atoms with Crippen LogP contribution in [0.3, 0.4) is 0 Å². The summed E-state index contributed by atoms with van der Waals surface area (Å²) in [6.07, 6.45) is 0. The molecule has 0 atom stereocenters. The van der Waals surface area contributed by atoms with Crippen molar-refractivity contribution in [3.8, 4) is 11.8 Å². The lowest BCUT2D eigenvalue weighted by atomic mass is 10.6. The molecule has 0 bridgehead atoms. The van der Waals surface area contributed by atoms with Gasteiger partial charge in [0.05, 0.1) is 0 Å². The van der Waals surface area contributed by atoms with E-state index >= 15 is 0 Å². The zero-order valence-electron chi connectivity index (χ0n) is 10.6. The van der Waals surface area contributed by atoms with Crippen LogP contribution in [-0.2, 0) is 0 Å². The topological polar surface area (TPSA) is 216 Å². The summed E-state index contributed by atoms with van der Waals surface area (Å²) in [5, 5.41) is 20.7. The summed E-state index contributed by atoms with van der Waals surface area (Å²) in [5.74, 6) is -0.937. The normalized spacial score (nSPS) is 8.40. The van der Waals surface area contributed by atoms with Crippen LogP contribution in [0.4, 0.5) is 0 Å². The molecule has 12 N–H and O–H groups in total. The van der Waals surface area contributed by atoms with Crippen molar-refractivity contribution < 1.29 is 10.2 Å². The van der Waals surface area contributed by atoms with Gasteiger partial charge in [0.1, 0.15) is 0 Å². The second-order valence-electron chi connectivity index (χ2n) is 2.90. The van der Waals surface area contributed by atoms with E-state index in [1.807, 2.05) is 0 Å². The smallest absolute Gasteiger partial charge is 0.250 e. The number of hydrogen-bond acceptors (Lipinski definition) is 6. The fourth-order valence-electron chi connectivity index (χ4n) is 0.893. The highest BCUT2D eigenvalue weighted by Gasteiger charge is 1.80. The minimum atomic E-state index is -0.469.